The van der Waals surface area contributed by atoms with Crippen LogP contribution in [0.1, 0.15) is 29.3 Å². The van der Waals surface area contributed by atoms with Gasteiger partial charge in [-0.15, -0.1) is 0 Å². The summed E-state index contributed by atoms with van der Waals surface area (Å²) in [6.07, 6.45) is 1.67. The van der Waals surface area contributed by atoms with E-state index < -0.39 is 17.8 Å². The standard InChI is InChI=1S/C23H20BrFN2O3/c24-17-8-9-19(20(25)12-17)22(15-5-2-1-3-6-15)26-23(29)16-11-21(28)27(13-16)14-18-7-4-10-30-18/h1-10,12,16,22H,11,13-14H2,(H,26,29). The fourth-order valence-corrected chi connectivity index (χ4v) is 4.01. The Morgan fingerprint density at radius 3 is 2.70 bits per heavy atom. The van der Waals surface area contributed by atoms with Gasteiger partial charge in [0.25, 0.3) is 0 Å². The van der Waals surface area contributed by atoms with Crippen molar-refractivity contribution in [3.8, 4) is 0 Å². The molecule has 1 aliphatic rings. The molecule has 2 aromatic carbocycles. The van der Waals surface area contributed by atoms with Crippen molar-refractivity contribution in [2.24, 2.45) is 5.92 Å². The highest BCUT2D eigenvalue weighted by molar-refractivity contribution is 9.10. The average molecular weight is 471 g/mol. The predicted octanol–water partition coefficient (Wildman–Crippen LogP) is 4.44. The Labute approximate surface area is 182 Å². The second-order valence-electron chi connectivity index (χ2n) is 7.27. The summed E-state index contributed by atoms with van der Waals surface area (Å²) in [5, 5.41) is 2.96. The Bertz CT molecular complexity index is 1040. The second-order valence-corrected chi connectivity index (χ2v) is 8.19. The van der Waals surface area contributed by atoms with Crippen LogP contribution in [0.5, 0.6) is 0 Å². The van der Waals surface area contributed by atoms with Crippen molar-refractivity contribution >= 4 is 27.7 Å². The molecular weight excluding hydrogens is 451 g/mol. The molecule has 3 aromatic rings. The first-order valence-corrected chi connectivity index (χ1v) is 10.4. The first kappa shape index (κ1) is 20.3. The van der Waals surface area contributed by atoms with Gasteiger partial charge in [0.2, 0.25) is 11.8 Å². The molecule has 4 rings (SSSR count). The summed E-state index contributed by atoms with van der Waals surface area (Å²) in [6, 6.07) is 16.9. The van der Waals surface area contributed by atoms with Crippen LogP contribution in [-0.2, 0) is 16.1 Å². The summed E-state index contributed by atoms with van der Waals surface area (Å²) < 4.78 is 20.6. The molecule has 1 aliphatic heterocycles. The van der Waals surface area contributed by atoms with Crippen molar-refractivity contribution < 1.29 is 18.4 Å². The predicted molar refractivity (Wildman–Crippen MR) is 113 cm³/mol. The maximum atomic E-state index is 14.7. The van der Waals surface area contributed by atoms with Crippen molar-refractivity contribution in [3.63, 3.8) is 0 Å². The van der Waals surface area contributed by atoms with Crippen molar-refractivity contribution in [2.45, 2.75) is 19.0 Å². The first-order valence-electron chi connectivity index (χ1n) is 9.61. The summed E-state index contributed by atoms with van der Waals surface area (Å²) in [7, 11) is 0. The number of benzene rings is 2. The normalized spacial score (nSPS) is 17.2. The molecule has 2 atom stereocenters. The van der Waals surface area contributed by atoms with Crippen LogP contribution in [0.4, 0.5) is 4.39 Å². The van der Waals surface area contributed by atoms with E-state index in [2.05, 4.69) is 21.2 Å². The quantitative estimate of drug-likeness (QED) is 0.579. The number of halogens is 2. The van der Waals surface area contributed by atoms with E-state index in [0.717, 1.165) is 5.56 Å². The smallest absolute Gasteiger partial charge is 0.226 e. The van der Waals surface area contributed by atoms with E-state index in [-0.39, 0.29) is 18.2 Å². The Balaban J connectivity index is 1.53. The number of nitrogens with one attached hydrogen (secondary N) is 1. The first-order chi connectivity index (χ1) is 14.5. The van der Waals surface area contributed by atoms with Gasteiger partial charge in [-0.25, -0.2) is 4.39 Å². The van der Waals surface area contributed by atoms with Crippen molar-refractivity contribution in [2.75, 3.05) is 6.54 Å². The number of amides is 2. The molecule has 2 amide bonds. The number of carbonyl (C=O) groups is 2. The number of rotatable bonds is 6. The Morgan fingerprint density at radius 2 is 2.00 bits per heavy atom. The minimum absolute atomic E-state index is 0.0994. The average Bonchev–Trinajstić information content (AvgIpc) is 3.38. The molecule has 2 heterocycles. The minimum Gasteiger partial charge on any atom is -0.467 e. The summed E-state index contributed by atoms with van der Waals surface area (Å²) >= 11 is 3.27. The SMILES string of the molecule is O=C(NC(c1ccccc1)c1ccc(Br)cc1F)C1CC(=O)N(Cc2ccco2)C1. The van der Waals surface area contributed by atoms with E-state index in [1.165, 1.54) is 6.07 Å². The van der Waals surface area contributed by atoms with Gasteiger partial charge in [-0.3, -0.25) is 9.59 Å². The van der Waals surface area contributed by atoms with Gasteiger partial charge in [-0.1, -0.05) is 52.3 Å². The molecule has 1 saturated heterocycles. The van der Waals surface area contributed by atoms with Gasteiger partial charge in [0.1, 0.15) is 11.6 Å². The molecule has 1 aromatic heterocycles. The third-order valence-corrected chi connectivity index (χ3v) is 5.70. The van der Waals surface area contributed by atoms with E-state index in [1.807, 2.05) is 30.3 Å². The second kappa shape index (κ2) is 8.83. The molecule has 1 fully saturated rings. The van der Waals surface area contributed by atoms with E-state index in [1.54, 1.807) is 35.4 Å². The molecule has 2 unspecified atom stereocenters. The van der Waals surface area contributed by atoms with E-state index in [0.29, 0.717) is 28.9 Å². The third-order valence-electron chi connectivity index (χ3n) is 5.21. The fraction of sp³-hybridized carbons (Fsp3) is 0.217. The van der Waals surface area contributed by atoms with Gasteiger partial charge >= 0.3 is 0 Å². The van der Waals surface area contributed by atoms with Crippen LogP contribution in [0.2, 0.25) is 0 Å². The molecule has 5 nitrogen and oxygen atoms in total. The largest absolute Gasteiger partial charge is 0.467 e. The van der Waals surface area contributed by atoms with Crippen LogP contribution < -0.4 is 5.32 Å². The minimum atomic E-state index is -0.652. The molecular formula is C23H20BrFN2O3. The Kier molecular flexibility index (Phi) is 5.99. The molecule has 7 heteroatoms. The van der Waals surface area contributed by atoms with Gasteiger partial charge in [0.15, 0.2) is 0 Å². The Morgan fingerprint density at radius 1 is 1.20 bits per heavy atom. The van der Waals surface area contributed by atoms with E-state index in [9.17, 15) is 14.0 Å². The molecule has 0 spiro atoms. The molecule has 0 bridgehead atoms. The van der Waals surface area contributed by atoms with Gasteiger partial charge in [-0.2, -0.15) is 0 Å². The lowest BCUT2D eigenvalue weighted by Crippen LogP contribution is -2.36. The lowest BCUT2D eigenvalue weighted by molar-refractivity contribution is -0.129. The zero-order chi connectivity index (χ0) is 21.1. The van der Waals surface area contributed by atoms with Crippen LogP contribution >= 0.6 is 15.9 Å². The molecule has 0 aliphatic carbocycles. The summed E-state index contributed by atoms with van der Waals surface area (Å²) in [5.74, 6) is -0.625. The van der Waals surface area contributed by atoms with Gasteiger partial charge in [0, 0.05) is 23.0 Å². The van der Waals surface area contributed by atoms with Crippen LogP contribution in [0, 0.1) is 11.7 Å². The van der Waals surface area contributed by atoms with Gasteiger partial charge < -0.3 is 14.6 Å². The number of hydrogen-bond donors (Lipinski definition) is 1. The highest BCUT2D eigenvalue weighted by Gasteiger charge is 2.36. The summed E-state index contributed by atoms with van der Waals surface area (Å²) in [6.45, 7) is 0.634. The molecule has 1 N–H and O–H groups in total. The van der Waals surface area contributed by atoms with Crippen LogP contribution in [0.25, 0.3) is 0 Å². The highest BCUT2D eigenvalue weighted by atomic mass is 79.9. The highest BCUT2D eigenvalue weighted by Crippen LogP contribution is 2.28. The number of furan rings is 1. The maximum absolute atomic E-state index is 14.7. The monoisotopic (exact) mass is 470 g/mol. The molecule has 154 valence electrons. The zero-order valence-corrected chi connectivity index (χ0v) is 17.6. The van der Waals surface area contributed by atoms with Crippen molar-refractivity contribution in [1.82, 2.24) is 10.2 Å². The van der Waals surface area contributed by atoms with Gasteiger partial charge in [-0.05, 0) is 29.8 Å². The zero-order valence-electron chi connectivity index (χ0n) is 16.1. The summed E-state index contributed by atoms with van der Waals surface area (Å²) in [4.78, 5) is 27.0. The lowest BCUT2D eigenvalue weighted by Gasteiger charge is -2.22. The number of hydrogen-bond acceptors (Lipinski definition) is 3. The third kappa shape index (κ3) is 4.46. The van der Waals surface area contributed by atoms with E-state index in [4.69, 9.17) is 4.42 Å². The molecule has 30 heavy (non-hydrogen) atoms. The van der Waals surface area contributed by atoms with Crippen molar-refractivity contribution in [3.05, 3.63) is 94.1 Å². The molecule has 0 radical (unpaired) electrons. The van der Waals surface area contributed by atoms with Crippen LogP contribution in [0.15, 0.2) is 75.8 Å². The van der Waals surface area contributed by atoms with Crippen LogP contribution in [0.3, 0.4) is 0 Å². The van der Waals surface area contributed by atoms with Crippen LogP contribution in [-0.4, -0.2) is 23.3 Å². The Hall–Kier alpha value is -2.93. The molecule has 0 saturated carbocycles. The summed E-state index contributed by atoms with van der Waals surface area (Å²) in [5.41, 5.74) is 1.14. The van der Waals surface area contributed by atoms with Gasteiger partial charge in [0.05, 0.1) is 24.8 Å². The topological polar surface area (TPSA) is 62.6 Å². The lowest BCUT2D eigenvalue weighted by atomic mass is 9.97. The number of nitrogens with zero attached hydrogens (tertiary/aromatic N) is 1. The maximum Gasteiger partial charge on any atom is 0.226 e. The number of carbonyl (C=O) groups excluding carboxylic acids is 2. The number of likely N-dealkylation sites (tertiary alicyclic amines) is 1. The van der Waals surface area contributed by atoms with Crippen molar-refractivity contribution in [1.29, 1.82) is 0 Å². The fourth-order valence-electron chi connectivity index (χ4n) is 3.67. The van der Waals surface area contributed by atoms with E-state index >= 15 is 0 Å².